The highest BCUT2D eigenvalue weighted by Gasteiger charge is 2.70. The van der Waals surface area contributed by atoms with E-state index in [1.807, 2.05) is 24.3 Å². The van der Waals surface area contributed by atoms with Crippen LogP contribution in [0.5, 0.6) is 0 Å². The van der Waals surface area contributed by atoms with Crippen LogP contribution >= 0.6 is 0 Å². The van der Waals surface area contributed by atoms with E-state index >= 15 is 0 Å². The second-order valence-electron chi connectivity index (χ2n) is 7.38. The summed E-state index contributed by atoms with van der Waals surface area (Å²) in [5, 5.41) is 40.6. The van der Waals surface area contributed by atoms with Gasteiger partial charge in [0.2, 0.25) is 10.8 Å². The Balaban J connectivity index is 2.14. The first-order valence-corrected chi connectivity index (χ1v) is 10.9. The number of methoxy groups -OCH3 is 1. The normalized spacial score (nSPS) is 22.2. The molecule has 0 unspecified atom stereocenters. The summed E-state index contributed by atoms with van der Waals surface area (Å²) in [5.74, 6) is 0. The number of benzene rings is 2. The first kappa shape index (κ1) is 21.1. The van der Waals surface area contributed by atoms with E-state index in [0.29, 0.717) is 11.1 Å². The number of nitrogens with zero attached hydrogens (tertiary/aromatic N) is 5. The van der Waals surface area contributed by atoms with Crippen LogP contribution in [0.25, 0.3) is 5.57 Å². The summed E-state index contributed by atoms with van der Waals surface area (Å²) < 4.78 is 34.0. The van der Waals surface area contributed by atoms with Gasteiger partial charge in [0.25, 0.3) is 10.0 Å². The number of hydrogen-bond donors (Lipinski definition) is 0. The van der Waals surface area contributed by atoms with Gasteiger partial charge in [0.1, 0.15) is 12.1 Å². The molecule has 4 rings (SSSR count). The van der Waals surface area contributed by atoms with Crippen molar-refractivity contribution in [2.45, 2.75) is 17.0 Å². The van der Waals surface area contributed by atoms with Gasteiger partial charge in [-0.25, -0.2) is 8.42 Å². The molecule has 2 atom stereocenters. The van der Waals surface area contributed by atoms with E-state index in [-0.39, 0.29) is 10.6 Å². The Kier molecular flexibility index (Phi) is 4.76. The first-order valence-electron chi connectivity index (χ1n) is 9.47. The molecule has 0 spiro atoms. The number of rotatable bonds is 3. The van der Waals surface area contributed by atoms with Crippen molar-refractivity contribution in [3.05, 3.63) is 66.2 Å². The van der Waals surface area contributed by atoms with E-state index in [1.165, 1.54) is 25.3 Å². The second kappa shape index (κ2) is 7.22. The van der Waals surface area contributed by atoms with Gasteiger partial charge in [0.05, 0.1) is 34.9 Å². The minimum atomic E-state index is -4.27. The minimum absolute atomic E-state index is 0.0470. The molecule has 0 saturated heterocycles. The van der Waals surface area contributed by atoms with Crippen molar-refractivity contribution in [2.75, 3.05) is 11.4 Å². The van der Waals surface area contributed by atoms with E-state index < -0.39 is 33.0 Å². The van der Waals surface area contributed by atoms with Crippen molar-refractivity contribution in [3.8, 4) is 24.3 Å². The van der Waals surface area contributed by atoms with Crippen molar-refractivity contribution < 1.29 is 13.2 Å². The zero-order valence-electron chi connectivity index (χ0n) is 16.8. The lowest BCUT2D eigenvalue weighted by atomic mass is 9.55. The molecule has 1 aliphatic heterocycles. The third-order valence-corrected chi connectivity index (χ3v) is 7.82. The molecule has 2 aromatic carbocycles. The topological polar surface area (TPSA) is 142 Å². The molecular weight excluding hydrogens is 426 g/mol. The Labute approximate surface area is 185 Å². The van der Waals surface area contributed by atoms with E-state index in [0.717, 1.165) is 4.31 Å². The highest BCUT2D eigenvalue weighted by molar-refractivity contribution is 7.93. The van der Waals surface area contributed by atoms with Crippen molar-refractivity contribution in [2.24, 2.45) is 10.8 Å². The minimum Gasteiger partial charge on any atom is -0.374 e. The largest absolute Gasteiger partial charge is 0.374 e. The van der Waals surface area contributed by atoms with E-state index in [9.17, 15) is 29.5 Å². The third kappa shape index (κ3) is 2.38. The smallest absolute Gasteiger partial charge is 0.264 e. The number of sulfonamides is 1. The van der Waals surface area contributed by atoms with Crippen LogP contribution in [0.3, 0.4) is 0 Å². The summed E-state index contributed by atoms with van der Waals surface area (Å²) in [6.07, 6.45) is 0.249. The number of ether oxygens (including phenoxy) is 1. The van der Waals surface area contributed by atoms with Gasteiger partial charge < -0.3 is 4.74 Å². The predicted octanol–water partition coefficient (Wildman–Crippen LogP) is 2.74. The molecule has 0 saturated carbocycles. The molecule has 2 aromatic rings. The van der Waals surface area contributed by atoms with Gasteiger partial charge >= 0.3 is 0 Å². The number of fused-ring (bicyclic) bond motifs is 3. The predicted molar refractivity (Wildman–Crippen MR) is 112 cm³/mol. The second-order valence-corrected chi connectivity index (χ2v) is 9.19. The number of hydrogen-bond acceptors (Lipinski definition) is 7. The average Bonchev–Trinajstić information content (AvgIpc) is 3.18. The molecule has 8 nitrogen and oxygen atoms in total. The zero-order chi connectivity index (χ0) is 23.1. The Morgan fingerprint density at radius 1 is 0.875 bits per heavy atom. The van der Waals surface area contributed by atoms with Crippen LogP contribution in [0.4, 0.5) is 5.69 Å². The molecule has 0 amide bonds. The van der Waals surface area contributed by atoms with Gasteiger partial charge in [0.15, 0.2) is 0 Å². The van der Waals surface area contributed by atoms with E-state index in [4.69, 9.17) is 4.74 Å². The highest BCUT2D eigenvalue weighted by atomic mass is 32.2. The van der Waals surface area contributed by atoms with Crippen LogP contribution in [0, 0.1) is 56.2 Å². The van der Waals surface area contributed by atoms with Crippen molar-refractivity contribution in [1.29, 1.82) is 21.0 Å². The SMILES string of the molecule is CO[C@H]1C=C2c3ccccc3N(S(=O)(=O)c3ccccc3)[C@H]2C(C#N)(C#N)C1(C#N)C#N. The van der Waals surface area contributed by atoms with Gasteiger partial charge in [-0.3, -0.25) is 4.31 Å². The molecule has 0 fully saturated rings. The molecule has 32 heavy (non-hydrogen) atoms. The fourth-order valence-corrected chi connectivity index (χ4v) is 6.21. The zero-order valence-corrected chi connectivity index (χ0v) is 17.6. The molecule has 1 heterocycles. The summed E-state index contributed by atoms with van der Waals surface area (Å²) in [4.78, 5) is -0.0470. The van der Waals surface area contributed by atoms with Crippen LogP contribution < -0.4 is 4.31 Å². The molecule has 9 heteroatoms. The third-order valence-electron chi connectivity index (χ3n) is 6.03. The lowest BCUT2D eigenvalue weighted by molar-refractivity contribution is 0.0355. The molecule has 156 valence electrons. The molecule has 0 radical (unpaired) electrons. The lowest BCUT2D eigenvalue weighted by Gasteiger charge is -2.45. The summed E-state index contributed by atoms with van der Waals surface area (Å²) in [6.45, 7) is 0. The van der Waals surface area contributed by atoms with E-state index in [2.05, 4.69) is 0 Å². The molecular formula is C23H15N5O3S. The van der Waals surface area contributed by atoms with Crippen LogP contribution in [-0.2, 0) is 14.8 Å². The molecule has 1 aliphatic carbocycles. The monoisotopic (exact) mass is 441 g/mol. The fraction of sp³-hybridized carbons (Fsp3) is 0.217. The average molecular weight is 441 g/mol. The number of nitriles is 4. The number of para-hydroxylation sites is 1. The molecule has 2 aliphatic rings. The van der Waals surface area contributed by atoms with Crippen LogP contribution in [0.2, 0.25) is 0 Å². The van der Waals surface area contributed by atoms with Gasteiger partial charge in [0, 0.05) is 12.7 Å². The van der Waals surface area contributed by atoms with Gasteiger partial charge in [-0.1, -0.05) is 36.4 Å². The molecule has 0 N–H and O–H groups in total. The Morgan fingerprint density at radius 2 is 1.44 bits per heavy atom. The van der Waals surface area contributed by atoms with Gasteiger partial charge in [-0.15, -0.1) is 0 Å². The van der Waals surface area contributed by atoms with Crippen molar-refractivity contribution in [3.63, 3.8) is 0 Å². The Hall–Kier alpha value is -4.15. The van der Waals surface area contributed by atoms with Crippen LogP contribution in [-0.4, -0.2) is 27.7 Å². The van der Waals surface area contributed by atoms with Gasteiger partial charge in [-0.05, 0) is 29.8 Å². The maximum Gasteiger partial charge on any atom is 0.264 e. The van der Waals surface area contributed by atoms with Crippen LogP contribution in [0.15, 0.2) is 65.6 Å². The van der Waals surface area contributed by atoms with E-state index in [1.54, 1.807) is 42.5 Å². The Bertz CT molecular complexity index is 1380. The maximum atomic E-state index is 13.8. The number of anilines is 1. The lowest BCUT2D eigenvalue weighted by Crippen LogP contribution is -2.61. The summed E-state index contributed by atoms with van der Waals surface area (Å²) in [6, 6.07) is 20.1. The van der Waals surface area contributed by atoms with Crippen molar-refractivity contribution >= 4 is 21.3 Å². The summed E-state index contributed by atoms with van der Waals surface area (Å²) in [5.41, 5.74) is -3.56. The summed E-state index contributed by atoms with van der Waals surface area (Å²) in [7, 11) is -3.01. The van der Waals surface area contributed by atoms with Gasteiger partial charge in [-0.2, -0.15) is 21.0 Å². The Morgan fingerprint density at radius 3 is 2.00 bits per heavy atom. The highest BCUT2D eigenvalue weighted by Crippen LogP contribution is 2.59. The fourth-order valence-electron chi connectivity index (χ4n) is 4.51. The molecule has 0 aromatic heterocycles. The first-order chi connectivity index (χ1) is 15.4. The standard InChI is InChI=1S/C23H15N5O3S/c1-31-20-11-18-17-9-5-6-10-19(17)28(32(29,30)16-7-3-2-4-8-16)21(18)23(14-26,15-27)22(20,12-24)13-25/h2-11,20-21H,1H3/t20-,21+/m0/s1. The van der Waals surface area contributed by atoms with Crippen LogP contribution in [0.1, 0.15) is 5.56 Å². The maximum absolute atomic E-state index is 13.8. The van der Waals surface area contributed by atoms with Crippen molar-refractivity contribution in [1.82, 2.24) is 0 Å². The summed E-state index contributed by atoms with van der Waals surface area (Å²) >= 11 is 0. The quantitative estimate of drug-likeness (QED) is 0.713. The molecule has 0 bridgehead atoms.